The smallest absolute Gasteiger partial charge is 0.324 e. The summed E-state index contributed by atoms with van der Waals surface area (Å²) in [6, 6.07) is 0. The van der Waals surface area contributed by atoms with Crippen molar-refractivity contribution in [2.75, 3.05) is 19.8 Å². The van der Waals surface area contributed by atoms with Crippen LogP contribution in [-0.2, 0) is 9.53 Å². The van der Waals surface area contributed by atoms with Gasteiger partial charge in [-0.2, -0.15) is 0 Å². The van der Waals surface area contributed by atoms with Gasteiger partial charge in [0.25, 0.3) is 0 Å². The molecule has 0 amide bonds. The van der Waals surface area contributed by atoms with E-state index in [9.17, 15) is 9.90 Å². The molecule has 2 N–H and O–H groups in total. The third-order valence-corrected chi connectivity index (χ3v) is 3.76. The lowest BCUT2D eigenvalue weighted by atomic mass is 9.84. The van der Waals surface area contributed by atoms with Gasteiger partial charge in [-0.3, -0.25) is 4.79 Å². The lowest BCUT2D eigenvalue weighted by molar-refractivity contribution is -0.146. The van der Waals surface area contributed by atoms with E-state index in [4.69, 9.17) is 4.74 Å². The zero-order valence-corrected chi connectivity index (χ0v) is 11.9. The van der Waals surface area contributed by atoms with E-state index in [1.165, 1.54) is 0 Å². The van der Waals surface area contributed by atoms with Crippen LogP contribution in [0.25, 0.3) is 0 Å². The van der Waals surface area contributed by atoms with Crippen molar-refractivity contribution in [3.8, 4) is 0 Å². The molecule has 0 aromatic carbocycles. The molecule has 0 bridgehead atoms. The van der Waals surface area contributed by atoms with Gasteiger partial charge >= 0.3 is 5.97 Å². The van der Waals surface area contributed by atoms with E-state index in [0.29, 0.717) is 19.1 Å². The fraction of sp³-hybridized carbons (Fsp3) is 0.929. The van der Waals surface area contributed by atoms with Crippen LogP contribution >= 0.6 is 0 Å². The summed E-state index contributed by atoms with van der Waals surface area (Å²) in [5, 5.41) is 12.7. The van der Waals surface area contributed by atoms with Crippen molar-refractivity contribution in [1.29, 1.82) is 0 Å². The predicted molar refractivity (Wildman–Crippen MR) is 71.7 cm³/mol. The van der Waals surface area contributed by atoms with Crippen LogP contribution in [0.2, 0.25) is 0 Å². The zero-order valence-electron chi connectivity index (χ0n) is 11.9. The van der Waals surface area contributed by atoms with Crippen molar-refractivity contribution in [2.24, 2.45) is 11.8 Å². The van der Waals surface area contributed by atoms with Crippen LogP contribution in [0.1, 0.15) is 46.5 Å². The number of hydrogen-bond acceptors (Lipinski definition) is 3. The zero-order chi connectivity index (χ0) is 13.6. The molecule has 4 nitrogen and oxygen atoms in total. The number of rotatable bonds is 8. The van der Waals surface area contributed by atoms with Crippen LogP contribution in [-0.4, -0.2) is 36.4 Å². The number of nitrogens with one attached hydrogen (secondary N) is 1. The van der Waals surface area contributed by atoms with E-state index in [1.54, 1.807) is 0 Å². The van der Waals surface area contributed by atoms with Crippen LogP contribution in [0, 0.1) is 11.8 Å². The van der Waals surface area contributed by atoms with Crippen molar-refractivity contribution in [3.63, 3.8) is 0 Å². The minimum Gasteiger partial charge on any atom is -0.480 e. The van der Waals surface area contributed by atoms with Gasteiger partial charge in [0.2, 0.25) is 0 Å². The summed E-state index contributed by atoms with van der Waals surface area (Å²) in [5.41, 5.74) is -0.712. The van der Waals surface area contributed by atoms with E-state index < -0.39 is 11.5 Å². The Labute approximate surface area is 110 Å². The summed E-state index contributed by atoms with van der Waals surface area (Å²) in [6.07, 6.45) is 3.57. The Bertz CT molecular complexity index is 268. The molecule has 1 aliphatic rings. The Balaban J connectivity index is 2.49. The fourth-order valence-corrected chi connectivity index (χ4v) is 2.92. The molecule has 4 heteroatoms. The van der Waals surface area contributed by atoms with Gasteiger partial charge in [0.1, 0.15) is 5.54 Å². The second-order valence-electron chi connectivity index (χ2n) is 5.65. The Kier molecular flexibility index (Phi) is 6.09. The Morgan fingerprint density at radius 3 is 2.83 bits per heavy atom. The molecule has 2 atom stereocenters. The van der Waals surface area contributed by atoms with E-state index in [2.05, 4.69) is 19.2 Å². The van der Waals surface area contributed by atoms with Gasteiger partial charge in [0.05, 0.1) is 0 Å². The van der Waals surface area contributed by atoms with E-state index in [0.717, 1.165) is 32.3 Å². The standard InChI is InChI=1S/C14H27NO3/c1-4-15-14(13(16)17)8-5-6-12(14)7-9-18-10-11(2)3/h11-12,15H,4-10H2,1-3H3,(H,16,17). The van der Waals surface area contributed by atoms with Crippen LogP contribution in [0.3, 0.4) is 0 Å². The minimum absolute atomic E-state index is 0.196. The first-order chi connectivity index (χ1) is 8.53. The predicted octanol–water partition coefficient (Wildman–Crippen LogP) is 2.28. The SMILES string of the molecule is CCNC1(C(=O)O)CCCC1CCOCC(C)C. The third kappa shape index (κ3) is 3.69. The van der Waals surface area contributed by atoms with Gasteiger partial charge in [-0.1, -0.05) is 27.2 Å². The molecule has 0 spiro atoms. The van der Waals surface area contributed by atoms with Crippen LogP contribution in [0.4, 0.5) is 0 Å². The topological polar surface area (TPSA) is 58.6 Å². The molecule has 0 heterocycles. The summed E-state index contributed by atoms with van der Waals surface area (Å²) in [4.78, 5) is 11.6. The van der Waals surface area contributed by atoms with Gasteiger partial charge < -0.3 is 15.2 Å². The first-order valence-electron chi connectivity index (χ1n) is 7.09. The average molecular weight is 257 g/mol. The number of aliphatic carboxylic acids is 1. The number of carbonyl (C=O) groups is 1. The summed E-state index contributed by atoms with van der Waals surface area (Å²) < 4.78 is 5.59. The second kappa shape index (κ2) is 7.10. The highest BCUT2D eigenvalue weighted by molar-refractivity contribution is 5.79. The highest BCUT2D eigenvalue weighted by Gasteiger charge is 2.48. The normalized spacial score (nSPS) is 27.9. The minimum atomic E-state index is -0.712. The first-order valence-corrected chi connectivity index (χ1v) is 7.09. The van der Waals surface area contributed by atoms with E-state index in [1.807, 2.05) is 6.92 Å². The number of carboxylic acids is 1. The number of ether oxygens (including phenoxy) is 1. The van der Waals surface area contributed by atoms with Gasteiger partial charge in [-0.05, 0) is 37.6 Å². The maximum absolute atomic E-state index is 11.6. The summed E-state index contributed by atoms with van der Waals surface area (Å²) in [6.45, 7) is 8.34. The fourth-order valence-electron chi connectivity index (χ4n) is 2.92. The molecule has 1 rings (SSSR count). The summed E-state index contributed by atoms with van der Waals surface area (Å²) in [5.74, 6) is 0.0318. The first kappa shape index (κ1) is 15.4. The molecule has 106 valence electrons. The van der Waals surface area contributed by atoms with Gasteiger partial charge in [-0.25, -0.2) is 0 Å². The highest BCUT2D eigenvalue weighted by Crippen LogP contribution is 2.38. The number of carboxylic acid groups (broad SMARTS) is 1. The molecule has 0 aromatic rings. The van der Waals surface area contributed by atoms with Crippen molar-refractivity contribution in [3.05, 3.63) is 0 Å². The lowest BCUT2D eigenvalue weighted by Gasteiger charge is -2.32. The molecule has 2 unspecified atom stereocenters. The average Bonchev–Trinajstić information content (AvgIpc) is 2.69. The number of likely N-dealkylation sites (N-methyl/N-ethyl adjacent to an activating group) is 1. The molecule has 0 aromatic heterocycles. The third-order valence-electron chi connectivity index (χ3n) is 3.76. The van der Waals surface area contributed by atoms with Crippen LogP contribution in [0.5, 0.6) is 0 Å². The van der Waals surface area contributed by atoms with Crippen molar-refractivity contribution < 1.29 is 14.6 Å². The summed E-state index contributed by atoms with van der Waals surface area (Å²) in [7, 11) is 0. The van der Waals surface area contributed by atoms with Gasteiger partial charge in [-0.15, -0.1) is 0 Å². The van der Waals surface area contributed by atoms with Crippen molar-refractivity contribution in [2.45, 2.75) is 52.0 Å². The molecule has 1 saturated carbocycles. The Morgan fingerprint density at radius 2 is 2.28 bits per heavy atom. The molecule has 1 fully saturated rings. The molecular formula is C14H27NO3. The molecular weight excluding hydrogens is 230 g/mol. The molecule has 0 radical (unpaired) electrons. The maximum Gasteiger partial charge on any atom is 0.324 e. The lowest BCUT2D eigenvalue weighted by Crippen LogP contribution is -2.54. The summed E-state index contributed by atoms with van der Waals surface area (Å²) >= 11 is 0. The Morgan fingerprint density at radius 1 is 1.56 bits per heavy atom. The van der Waals surface area contributed by atoms with E-state index in [-0.39, 0.29) is 5.92 Å². The van der Waals surface area contributed by atoms with Crippen molar-refractivity contribution >= 4 is 5.97 Å². The van der Waals surface area contributed by atoms with E-state index >= 15 is 0 Å². The largest absolute Gasteiger partial charge is 0.480 e. The van der Waals surface area contributed by atoms with Crippen LogP contribution in [0.15, 0.2) is 0 Å². The van der Waals surface area contributed by atoms with Gasteiger partial charge in [0, 0.05) is 13.2 Å². The number of hydrogen-bond donors (Lipinski definition) is 2. The maximum atomic E-state index is 11.6. The molecule has 0 aliphatic heterocycles. The highest BCUT2D eigenvalue weighted by atomic mass is 16.5. The van der Waals surface area contributed by atoms with Crippen LogP contribution < -0.4 is 5.32 Å². The second-order valence-corrected chi connectivity index (χ2v) is 5.65. The van der Waals surface area contributed by atoms with Gasteiger partial charge in [0.15, 0.2) is 0 Å². The Hall–Kier alpha value is -0.610. The quantitative estimate of drug-likeness (QED) is 0.655. The molecule has 0 saturated heterocycles. The monoisotopic (exact) mass is 257 g/mol. The molecule has 1 aliphatic carbocycles. The van der Waals surface area contributed by atoms with Crippen molar-refractivity contribution in [1.82, 2.24) is 5.32 Å². The molecule has 18 heavy (non-hydrogen) atoms.